The van der Waals surface area contributed by atoms with Crippen LogP contribution in [-0.4, -0.2) is 30.0 Å². The molecule has 3 N–H and O–H groups in total. The first-order chi connectivity index (χ1) is 10.2. The number of methoxy groups -OCH3 is 1. The summed E-state index contributed by atoms with van der Waals surface area (Å²) in [6.45, 7) is 4.34. The van der Waals surface area contributed by atoms with Gasteiger partial charge >= 0.3 is 5.97 Å². The molecule has 0 bridgehead atoms. The Labute approximate surface area is 128 Å². The second-order valence-corrected chi connectivity index (χ2v) is 5.51. The van der Waals surface area contributed by atoms with Gasteiger partial charge < -0.3 is 20.5 Å². The Balaban J connectivity index is 2.84. The first-order valence-corrected chi connectivity index (χ1v) is 6.64. The minimum Gasteiger partial charge on any atom is -0.494 e. The normalized spacial score (nSPS) is 10.7. The lowest BCUT2D eigenvalue weighted by Crippen LogP contribution is -2.29. The highest BCUT2D eigenvalue weighted by atomic mass is 16.5. The predicted molar refractivity (Wildman–Crippen MR) is 82.0 cm³/mol. The molecule has 0 aliphatic rings. The molecule has 22 heavy (non-hydrogen) atoms. The molecule has 0 aromatic heterocycles. The van der Waals surface area contributed by atoms with Gasteiger partial charge in [0.15, 0.2) is 0 Å². The van der Waals surface area contributed by atoms with E-state index in [1.165, 1.54) is 27.9 Å². The summed E-state index contributed by atoms with van der Waals surface area (Å²) >= 11 is 0. The van der Waals surface area contributed by atoms with E-state index in [9.17, 15) is 14.4 Å². The lowest BCUT2D eigenvalue weighted by atomic mass is 9.89. The van der Waals surface area contributed by atoms with Crippen LogP contribution in [0.2, 0.25) is 0 Å². The van der Waals surface area contributed by atoms with Crippen molar-refractivity contribution in [1.82, 2.24) is 0 Å². The number of carboxylic acid groups (broad SMARTS) is 1. The molecule has 0 spiro atoms. The van der Waals surface area contributed by atoms with Gasteiger partial charge in [-0.25, -0.2) is 0 Å². The summed E-state index contributed by atoms with van der Waals surface area (Å²) in [5, 5.41) is 14.2. The lowest BCUT2D eigenvalue weighted by Gasteiger charge is -2.18. The molecule has 1 rings (SSSR count). The Morgan fingerprint density at radius 3 is 2.36 bits per heavy atom. The van der Waals surface area contributed by atoms with Crippen LogP contribution in [0, 0.1) is 5.41 Å². The van der Waals surface area contributed by atoms with Crippen molar-refractivity contribution in [3.63, 3.8) is 0 Å². The van der Waals surface area contributed by atoms with E-state index in [2.05, 4.69) is 10.6 Å². The number of hydrogen-bond acceptors (Lipinski definition) is 4. The standard InChI is InChI=1S/C15H20N2O5/c1-9(18)16-11-6-5-10(7-12(11)22-4)17-13(19)8-15(2,3)14(20)21/h5-7H,8H2,1-4H3,(H,16,18)(H,17,19)(H,20,21). The number of aliphatic carboxylic acids is 1. The van der Waals surface area contributed by atoms with Crippen LogP contribution in [0.3, 0.4) is 0 Å². The molecule has 0 saturated heterocycles. The molecule has 2 amide bonds. The van der Waals surface area contributed by atoms with Crippen molar-refractivity contribution < 1.29 is 24.2 Å². The van der Waals surface area contributed by atoms with Crippen LogP contribution in [0.1, 0.15) is 27.2 Å². The quantitative estimate of drug-likeness (QED) is 0.746. The number of carbonyl (C=O) groups excluding carboxylic acids is 2. The number of hydrogen-bond donors (Lipinski definition) is 3. The number of rotatable bonds is 6. The Morgan fingerprint density at radius 1 is 1.23 bits per heavy atom. The molecule has 0 heterocycles. The molecular weight excluding hydrogens is 288 g/mol. The Bertz CT molecular complexity index is 596. The molecular formula is C15H20N2O5. The maximum absolute atomic E-state index is 11.9. The molecule has 0 atom stereocenters. The lowest BCUT2D eigenvalue weighted by molar-refractivity contribution is -0.148. The maximum Gasteiger partial charge on any atom is 0.309 e. The predicted octanol–water partition coefficient (Wildman–Crippen LogP) is 2.09. The van der Waals surface area contributed by atoms with Crippen LogP contribution in [0.25, 0.3) is 0 Å². The average Bonchev–Trinajstić information content (AvgIpc) is 2.39. The molecule has 7 heteroatoms. The zero-order chi connectivity index (χ0) is 16.9. The number of ether oxygens (including phenoxy) is 1. The Kier molecular flexibility index (Phi) is 5.50. The molecule has 120 valence electrons. The first-order valence-electron chi connectivity index (χ1n) is 6.64. The van der Waals surface area contributed by atoms with Crippen molar-refractivity contribution in [3.05, 3.63) is 18.2 Å². The van der Waals surface area contributed by atoms with Crippen LogP contribution in [0.15, 0.2) is 18.2 Å². The largest absolute Gasteiger partial charge is 0.494 e. The van der Waals surface area contributed by atoms with Crippen molar-refractivity contribution in [2.45, 2.75) is 27.2 Å². The summed E-state index contributed by atoms with van der Waals surface area (Å²) < 4.78 is 5.15. The maximum atomic E-state index is 11.9. The van der Waals surface area contributed by atoms with Crippen LogP contribution < -0.4 is 15.4 Å². The summed E-state index contributed by atoms with van der Waals surface area (Å²) in [4.78, 5) is 34.0. The molecule has 1 aromatic carbocycles. The Hall–Kier alpha value is -2.57. The van der Waals surface area contributed by atoms with E-state index in [0.717, 1.165) is 0 Å². The molecule has 0 aliphatic carbocycles. The van der Waals surface area contributed by atoms with Gasteiger partial charge in [-0.15, -0.1) is 0 Å². The van der Waals surface area contributed by atoms with Gasteiger partial charge in [0.2, 0.25) is 11.8 Å². The summed E-state index contributed by atoms with van der Waals surface area (Å²) in [6.07, 6.45) is -0.155. The van der Waals surface area contributed by atoms with E-state index in [1.54, 1.807) is 18.2 Å². The van der Waals surface area contributed by atoms with Crippen molar-refractivity contribution in [1.29, 1.82) is 0 Å². The molecule has 1 aromatic rings. The zero-order valence-electron chi connectivity index (χ0n) is 13.0. The fraction of sp³-hybridized carbons (Fsp3) is 0.400. The van der Waals surface area contributed by atoms with Crippen molar-refractivity contribution in [2.75, 3.05) is 17.7 Å². The minimum absolute atomic E-state index is 0.155. The monoisotopic (exact) mass is 308 g/mol. The topological polar surface area (TPSA) is 105 Å². The fourth-order valence-electron chi connectivity index (χ4n) is 1.74. The van der Waals surface area contributed by atoms with Crippen molar-refractivity contribution in [2.24, 2.45) is 5.41 Å². The third kappa shape index (κ3) is 4.76. The smallest absolute Gasteiger partial charge is 0.309 e. The van der Waals surface area contributed by atoms with Crippen molar-refractivity contribution in [3.8, 4) is 5.75 Å². The number of amides is 2. The van der Waals surface area contributed by atoms with E-state index >= 15 is 0 Å². The van der Waals surface area contributed by atoms with E-state index in [0.29, 0.717) is 17.1 Å². The Morgan fingerprint density at radius 2 is 1.86 bits per heavy atom. The summed E-state index contributed by atoms with van der Waals surface area (Å²) in [7, 11) is 1.44. The number of carboxylic acids is 1. The van der Waals surface area contributed by atoms with Crippen molar-refractivity contribution >= 4 is 29.2 Å². The van der Waals surface area contributed by atoms with Crippen LogP contribution in [0.5, 0.6) is 5.75 Å². The molecule has 0 unspecified atom stereocenters. The van der Waals surface area contributed by atoms with Crippen LogP contribution in [-0.2, 0) is 14.4 Å². The second-order valence-electron chi connectivity index (χ2n) is 5.51. The van der Waals surface area contributed by atoms with E-state index in [-0.39, 0.29) is 12.3 Å². The molecule has 7 nitrogen and oxygen atoms in total. The van der Waals surface area contributed by atoms with Gasteiger partial charge in [0.1, 0.15) is 5.75 Å². The number of anilines is 2. The number of nitrogens with one attached hydrogen (secondary N) is 2. The van der Waals surface area contributed by atoms with Gasteiger partial charge in [0.25, 0.3) is 0 Å². The molecule has 0 aliphatic heterocycles. The van der Waals surface area contributed by atoms with Gasteiger partial charge in [-0.05, 0) is 26.0 Å². The average molecular weight is 308 g/mol. The van der Waals surface area contributed by atoms with Gasteiger partial charge in [-0.3, -0.25) is 14.4 Å². The molecule has 0 radical (unpaired) electrons. The molecule has 0 saturated carbocycles. The van der Waals surface area contributed by atoms with Gasteiger partial charge in [0, 0.05) is 25.1 Å². The summed E-state index contributed by atoms with van der Waals surface area (Å²) in [5.41, 5.74) is -0.208. The van der Waals surface area contributed by atoms with E-state index in [1.807, 2.05) is 0 Å². The summed E-state index contributed by atoms with van der Waals surface area (Å²) in [6, 6.07) is 4.74. The molecule has 0 fully saturated rings. The second kappa shape index (κ2) is 6.93. The van der Waals surface area contributed by atoms with Crippen LogP contribution in [0.4, 0.5) is 11.4 Å². The third-order valence-corrected chi connectivity index (χ3v) is 2.98. The van der Waals surface area contributed by atoms with Gasteiger partial charge in [0.05, 0.1) is 18.2 Å². The summed E-state index contributed by atoms with van der Waals surface area (Å²) in [5.74, 6) is -1.30. The third-order valence-electron chi connectivity index (χ3n) is 2.98. The fourth-order valence-corrected chi connectivity index (χ4v) is 1.74. The highest BCUT2D eigenvalue weighted by Gasteiger charge is 2.30. The van der Waals surface area contributed by atoms with E-state index < -0.39 is 17.3 Å². The highest BCUT2D eigenvalue weighted by Crippen LogP contribution is 2.28. The number of carbonyl (C=O) groups is 3. The number of benzene rings is 1. The SMILES string of the molecule is COc1cc(NC(=O)CC(C)(C)C(=O)O)ccc1NC(C)=O. The zero-order valence-corrected chi connectivity index (χ0v) is 13.0. The minimum atomic E-state index is -1.15. The highest BCUT2D eigenvalue weighted by molar-refractivity contribution is 5.95. The van der Waals surface area contributed by atoms with Gasteiger partial charge in [-0.2, -0.15) is 0 Å². The van der Waals surface area contributed by atoms with Crippen LogP contribution >= 0.6 is 0 Å². The first kappa shape index (κ1) is 17.5. The van der Waals surface area contributed by atoms with Gasteiger partial charge in [-0.1, -0.05) is 0 Å². The van der Waals surface area contributed by atoms with E-state index in [4.69, 9.17) is 9.84 Å².